The molecule has 0 amide bonds. The van der Waals surface area contributed by atoms with Crippen molar-refractivity contribution in [1.82, 2.24) is 0 Å². The Hall–Kier alpha value is -0.840. The van der Waals surface area contributed by atoms with Gasteiger partial charge in [-0.1, -0.05) is 19.6 Å². The summed E-state index contributed by atoms with van der Waals surface area (Å²) in [6.45, 7) is 12.4. The van der Waals surface area contributed by atoms with Gasteiger partial charge in [0, 0.05) is 5.92 Å². The Morgan fingerprint density at radius 3 is 2.86 bits per heavy atom. The lowest BCUT2D eigenvalue weighted by Gasteiger charge is -2.37. The number of rotatable bonds is 8. The first-order valence-electron chi connectivity index (χ1n) is 7.91. The number of hydrogen-bond acceptors (Lipinski definition) is 4. The summed E-state index contributed by atoms with van der Waals surface area (Å²) in [5, 5.41) is 9.76. The number of allylic oxidation sites excluding steroid dienone is 2. The summed E-state index contributed by atoms with van der Waals surface area (Å²) in [7, 11) is 0. The molecule has 0 aliphatic carbocycles. The van der Waals surface area contributed by atoms with Crippen LogP contribution in [0.3, 0.4) is 0 Å². The monoisotopic (exact) mass is 298 g/mol. The predicted molar refractivity (Wildman–Crippen MR) is 83.8 cm³/mol. The van der Waals surface area contributed by atoms with Gasteiger partial charge in [-0.2, -0.15) is 0 Å². The summed E-state index contributed by atoms with van der Waals surface area (Å²) in [6.07, 6.45) is 5.85. The third-order valence-electron chi connectivity index (χ3n) is 3.71. The van der Waals surface area contributed by atoms with E-state index in [9.17, 15) is 5.11 Å². The molecular weight excluding hydrogens is 268 g/mol. The minimum absolute atomic E-state index is 0.116. The van der Waals surface area contributed by atoms with Crippen molar-refractivity contribution < 1.29 is 19.3 Å². The van der Waals surface area contributed by atoms with Crippen LogP contribution in [0.5, 0.6) is 0 Å². The molecule has 1 aliphatic heterocycles. The fourth-order valence-electron chi connectivity index (χ4n) is 2.36. The molecule has 21 heavy (non-hydrogen) atoms. The van der Waals surface area contributed by atoms with Crippen molar-refractivity contribution in [3.8, 4) is 0 Å². The molecule has 1 aliphatic rings. The topological polar surface area (TPSA) is 47.9 Å². The lowest BCUT2D eigenvalue weighted by Crippen LogP contribution is -2.44. The van der Waals surface area contributed by atoms with E-state index in [-0.39, 0.29) is 30.5 Å². The highest BCUT2D eigenvalue weighted by atomic mass is 16.7. The molecule has 0 aromatic rings. The molecule has 5 atom stereocenters. The fraction of sp³-hybridized carbons (Fsp3) is 0.765. The van der Waals surface area contributed by atoms with Gasteiger partial charge < -0.3 is 19.3 Å². The van der Waals surface area contributed by atoms with Gasteiger partial charge in [-0.3, -0.25) is 0 Å². The van der Waals surface area contributed by atoms with E-state index >= 15 is 0 Å². The Balaban J connectivity index is 2.27. The Labute approximate surface area is 128 Å². The van der Waals surface area contributed by atoms with Crippen LogP contribution in [0.25, 0.3) is 0 Å². The summed E-state index contributed by atoms with van der Waals surface area (Å²) >= 11 is 0. The molecule has 0 saturated carbocycles. The first kappa shape index (κ1) is 18.2. The molecule has 0 spiro atoms. The lowest BCUT2D eigenvalue weighted by atomic mass is 9.96. The lowest BCUT2D eigenvalue weighted by molar-refractivity contribution is -0.255. The highest BCUT2D eigenvalue weighted by Gasteiger charge is 2.33. The number of hydrogen-bond donors (Lipinski definition) is 1. The quantitative estimate of drug-likeness (QED) is 0.551. The molecule has 0 aromatic heterocycles. The smallest absolute Gasteiger partial charge is 0.161 e. The Kier molecular flexibility index (Phi) is 8.01. The zero-order valence-corrected chi connectivity index (χ0v) is 13.7. The van der Waals surface area contributed by atoms with E-state index in [1.54, 1.807) is 0 Å². The van der Waals surface area contributed by atoms with E-state index < -0.39 is 0 Å². The molecular formula is C17H30O4. The van der Waals surface area contributed by atoms with E-state index in [2.05, 4.69) is 26.5 Å². The van der Waals surface area contributed by atoms with Crippen LogP contribution in [0, 0.1) is 5.92 Å². The second-order valence-electron chi connectivity index (χ2n) is 5.82. The molecule has 122 valence electrons. The van der Waals surface area contributed by atoms with Crippen molar-refractivity contribution >= 4 is 0 Å². The van der Waals surface area contributed by atoms with Crippen LogP contribution in [0.1, 0.15) is 47.0 Å². The van der Waals surface area contributed by atoms with Crippen LogP contribution in [-0.4, -0.2) is 36.3 Å². The average Bonchev–Trinajstić information content (AvgIpc) is 2.41. The zero-order valence-electron chi connectivity index (χ0n) is 13.7. The third kappa shape index (κ3) is 6.64. The van der Waals surface area contributed by atoms with Crippen LogP contribution in [-0.2, 0) is 14.2 Å². The maximum Gasteiger partial charge on any atom is 0.161 e. The van der Waals surface area contributed by atoms with Crippen LogP contribution in [0.15, 0.2) is 24.5 Å². The van der Waals surface area contributed by atoms with Crippen molar-refractivity contribution in [2.45, 2.75) is 71.6 Å². The first-order chi connectivity index (χ1) is 9.93. The number of ether oxygens (including phenoxy) is 3. The molecule has 1 rings (SSSR count). The van der Waals surface area contributed by atoms with Crippen LogP contribution >= 0.6 is 0 Å². The molecule has 0 unspecified atom stereocenters. The van der Waals surface area contributed by atoms with Gasteiger partial charge in [0.05, 0.1) is 24.9 Å². The average molecular weight is 298 g/mol. The van der Waals surface area contributed by atoms with Gasteiger partial charge in [0.25, 0.3) is 0 Å². The molecule has 0 radical (unpaired) electrons. The van der Waals surface area contributed by atoms with E-state index in [0.717, 1.165) is 19.3 Å². The third-order valence-corrected chi connectivity index (χ3v) is 3.71. The van der Waals surface area contributed by atoms with Gasteiger partial charge in [-0.05, 0) is 46.1 Å². The largest absolute Gasteiger partial charge is 0.495 e. The molecule has 1 N–H and O–H groups in total. The SMILES string of the molecule is C=C(/C=C/CC[C@@H](C)O[C@@H]1O[C@@H](C)[C@H](O)C[C@H]1C)OCC. The van der Waals surface area contributed by atoms with Gasteiger partial charge in [-0.15, -0.1) is 0 Å². The summed E-state index contributed by atoms with van der Waals surface area (Å²) in [6, 6.07) is 0. The molecule has 0 bridgehead atoms. The molecule has 1 saturated heterocycles. The Morgan fingerprint density at radius 1 is 1.48 bits per heavy atom. The van der Waals surface area contributed by atoms with E-state index in [1.165, 1.54) is 0 Å². The van der Waals surface area contributed by atoms with Gasteiger partial charge >= 0.3 is 0 Å². The molecule has 0 aromatic carbocycles. The number of aliphatic hydroxyl groups excluding tert-OH is 1. The summed E-state index contributed by atoms with van der Waals surface area (Å²) in [4.78, 5) is 0. The van der Waals surface area contributed by atoms with Crippen LogP contribution in [0.4, 0.5) is 0 Å². The normalized spacial score (nSPS) is 31.3. The maximum atomic E-state index is 9.76. The molecule has 1 fully saturated rings. The summed E-state index contributed by atoms with van der Waals surface area (Å²) in [5.74, 6) is 0.907. The standard InChI is InChI=1S/C17H30O4/c1-6-19-13(3)9-7-8-10-14(4)20-17-12(2)11-16(18)15(5)21-17/h7,9,12,14-18H,3,6,8,10-11H2,1-2,4-5H3/b9-7+/t12-,14-,15+,16-,17-/m1/s1. The van der Waals surface area contributed by atoms with Crippen molar-refractivity contribution in [2.24, 2.45) is 5.92 Å². The minimum atomic E-state index is -0.386. The minimum Gasteiger partial charge on any atom is -0.495 e. The van der Waals surface area contributed by atoms with Crippen molar-refractivity contribution in [3.05, 3.63) is 24.5 Å². The Bertz CT molecular complexity index is 340. The second kappa shape index (κ2) is 9.23. The summed E-state index contributed by atoms with van der Waals surface area (Å²) < 4.78 is 16.9. The van der Waals surface area contributed by atoms with Crippen LogP contribution in [0.2, 0.25) is 0 Å². The van der Waals surface area contributed by atoms with E-state index in [4.69, 9.17) is 14.2 Å². The van der Waals surface area contributed by atoms with Gasteiger partial charge in [-0.25, -0.2) is 0 Å². The van der Waals surface area contributed by atoms with Gasteiger partial charge in [0.1, 0.15) is 5.76 Å². The zero-order chi connectivity index (χ0) is 15.8. The maximum absolute atomic E-state index is 9.76. The van der Waals surface area contributed by atoms with Crippen molar-refractivity contribution in [2.75, 3.05) is 6.61 Å². The highest BCUT2D eigenvalue weighted by molar-refractivity contribution is 5.06. The second-order valence-corrected chi connectivity index (χ2v) is 5.82. The Morgan fingerprint density at radius 2 is 2.19 bits per heavy atom. The van der Waals surface area contributed by atoms with Crippen LogP contribution < -0.4 is 0 Å². The predicted octanol–water partition coefficient (Wildman–Crippen LogP) is 3.41. The molecule has 4 nitrogen and oxygen atoms in total. The van der Waals surface area contributed by atoms with Gasteiger partial charge in [0.15, 0.2) is 6.29 Å². The van der Waals surface area contributed by atoms with Crippen molar-refractivity contribution in [1.29, 1.82) is 0 Å². The van der Waals surface area contributed by atoms with E-state index in [0.29, 0.717) is 12.4 Å². The summed E-state index contributed by atoms with van der Waals surface area (Å²) in [5.41, 5.74) is 0. The first-order valence-corrected chi connectivity index (χ1v) is 7.91. The highest BCUT2D eigenvalue weighted by Crippen LogP contribution is 2.27. The fourth-order valence-corrected chi connectivity index (χ4v) is 2.36. The molecule has 4 heteroatoms. The van der Waals surface area contributed by atoms with Crippen molar-refractivity contribution in [3.63, 3.8) is 0 Å². The number of aliphatic hydroxyl groups is 1. The van der Waals surface area contributed by atoms with Gasteiger partial charge in [0.2, 0.25) is 0 Å². The van der Waals surface area contributed by atoms with E-state index in [1.807, 2.05) is 19.9 Å². The molecule has 1 heterocycles.